The molecule has 0 rings (SSSR count). The van der Waals surface area contributed by atoms with Crippen LogP contribution in [0.25, 0.3) is 0 Å². The number of hydrogen-bond donors (Lipinski definition) is 0. The minimum absolute atomic E-state index is 0.00347. The summed E-state index contributed by atoms with van der Waals surface area (Å²) >= 11 is 3.16. The van der Waals surface area contributed by atoms with Crippen molar-refractivity contribution in [2.24, 2.45) is 0 Å². The smallest absolute Gasteiger partial charge is 0.0947 e. The van der Waals surface area contributed by atoms with Crippen molar-refractivity contribution >= 4 is 15.9 Å². The topological polar surface area (TPSA) is 19.9 Å². The van der Waals surface area contributed by atoms with Gasteiger partial charge in [-0.05, 0) is 6.42 Å². The van der Waals surface area contributed by atoms with Crippen molar-refractivity contribution in [3.05, 3.63) is 0 Å². The molecule has 0 aromatic heterocycles. The lowest BCUT2D eigenvalue weighted by Crippen LogP contribution is -1.98. The largest absolute Gasteiger partial charge is 0.236 e. The molecule has 0 bridgehead atoms. The van der Waals surface area contributed by atoms with Gasteiger partial charge in [-0.1, -0.05) is 22.9 Å². The van der Waals surface area contributed by atoms with E-state index in [4.69, 9.17) is 0 Å². The van der Waals surface area contributed by atoms with Crippen LogP contribution in [0.5, 0.6) is 0 Å². The van der Waals surface area contributed by atoms with Crippen LogP contribution in [0.2, 0.25) is 0 Å². The molecule has 0 aromatic rings. The maximum atomic E-state index is 9.81. The van der Waals surface area contributed by atoms with Gasteiger partial charge in [0, 0.05) is 4.83 Å². The third-order valence-corrected chi connectivity index (χ3v) is 1.54. The van der Waals surface area contributed by atoms with Crippen molar-refractivity contribution < 1.29 is 5.11 Å². The van der Waals surface area contributed by atoms with E-state index >= 15 is 0 Å². The van der Waals surface area contributed by atoms with Gasteiger partial charge >= 0.3 is 0 Å². The molecule has 1 atom stereocenters. The second-order valence-corrected chi connectivity index (χ2v) is 2.47. The van der Waals surface area contributed by atoms with Gasteiger partial charge in [0.25, 0.3) is 0 Å². The van der Waals surface area contributed by atoms with Crippen molar-refractivity contribution in [2.45, 2.75) is 18.2 Å². The molecule has 0 saturated carbocycles. The summed E-state index contributed by atoms with van der Waals surface area (Å²) in [5, 5.41) is 9.81. The molecule has 6 heavy (non-hydrogen) atoms. The van der Waals surface area contributed by atoms with E-state index in [0.717, 1.165) is 6.42 Å². The normalized spacial score (nSPS) is 14.5. The first-order valence-corrected chi connectivity index (χ1v) is 2.95. The zero-order valence-electron chi connectivity index (χ0n) is 3.78. The van der Waals surface area contributed by atoms with Crippen LogP contribution in [0.15, 0.2) is 0 Å². The molecule has 0 aliphatic heterocycles. The van der Waals surface area contributed by atoms with Crippen LogP contribution >= 0.6 is 15.9 Å². The van der Waals surface area contributed by atoms with E-state index < -0.39 is 0 Å². The van der Waals surface area contributed by atoms with Gasteiger partial charge in [-0.25, -0.2) is 5.11 Å². The number of rotatable bonds is 2. The van der Waals surface area contributed by atoms with Crippen LogP contribution < -0.4 is 0 Å². The fourth-order valence-electron chi connectivity index (χ4n) is 0.118. The van der Waals surface area contributed by atoms with Gasteiger partial charge in [-0.15, -0.1) is 0 Å². The molecule has 0 aromatic carbocycles. The Morgan fingerprint density at radius 1 is 1.83 bits per heavy atom. The lowest BCUT2D eigenvalue weighted by molar-refractivity contribution is 0.194. The molecule has 0 saturated heterocycles. The minimum atomic E-state index is -0.00347. The fraction of sp³-hybridized carbons (Fsp3) is 1.00. The first kappa shape index (κ1) is 6.44. The average Bonchev–Trinajstić information content (AvgIpc) is 1.65. The van der Waals surface area contributed by atoms with Gasteiger partial charge < -0.3 is 0 Å². The quantitative estimate of drug-likeness (QED) is 0.535. The van der Waals surface area contributed by atoms with Gasteiger partial charge in [0.15, 0.2) is 0 Å². The Balaban J connectivity index is 2.75. The minimum Gasteiger partial charge on any atom is -0.236 e. The standard InChI is InChI=1S/C4H8BrO/c1-2-4(5)3-6/h4H,2-3H2,1H3. The fourth-order valence-corrected chi connectivity index (χ4v) is 0.118. The van der Waals surface area contributed by atoms with Gasteiger partial charge in [0.2, 0.25) is 0 Å². The lowest BCUT2D eigenvalue weighted by atomic mass is 10.4. The molecule has 0 fully saturated rings. The van der Waals surface area contributed by atoms with E-state index in [2.05, 4.69) is 15.9 Å². The Morgan fingerprint density at radius 3 is 2.33 bits per heavy atom. The zero-order valence-corrected chi connectivity index (χ0v) is 5.36. The second-order valence-electron chi connectivity index (χ2n) is 1.17. The van der Waals surface area contributed by atoms with Crippen LogP contribution in [0, 0.1) is 0 Å². The van der Waals surface area contributed by atoms with Gasteiger partial charge in [0.05, 0.1) is 6.61 Å². The molecule has 2 heteroatoms. The highest BCUT2D eigenvalue weighted by Gasteiger charge is 1.94. The maximum absolute atomic E-state index is 9.81. The average molecular weight is 152 g/mol. The maximum Gasteiger partial charge on any atom is 0.0947 e. The Labute approximate surface area is 46.5 Å². The van der Waals surface area contributed by atoms with Crippen molar-refractivity contribution in [1.82, 2.24) is 0 Å². The summed E-state index contributed by atoms with van der Waals surface area (Å²) in [7, 11) is 0. The Morgan fingerprint density at radius 2 is 2.33 bits per heavy atom. The van der Waals surface area contributed by atoms with Crippen molar-refractivity contribution in [3.63, 3.8) is 0 Å². The summed E-state index contributed by atoms with van der Waals surface area (Å²) in [5.41, 5.74) is 0. The highest BCUT2D eigenvalue weighted by atomic mass is 79.9. The molecule has 0 aliphatic rings. The lowest BCUT2D eigenvalue weighted by Gasteiger charge is -1.93. The first-order valence-electron chi connectivity index (χ1n) is 2.03. The van der Waals surface area contributed by atoms with E-state index in [9.17, 15) is 5.11 Å². The molecule has 1 unspecified atom stereocenters. The zero-order chi connectivity index (χ0) is 4.99. The molecule has 0 amide bonds. The number of halogens is 1. The van der Waals surface area contributed by atoms with Crippen LogP contribution in [0.3, 0.4) is 0 Å². The van der Waals surface area contributed by atoms with E-state index in [1.54, 1.807) is 0 Å². The Bertz CT molecular complexity index is 26.7. The van der Waals surface area contributed by atoms with Gasteiger partial charge in [-0.2, -0.15) is 0 Å². The first-order chi connectivity index (χ1) is 2.81. The van der Waals surface area contributed by atoms with Crippen LogP contribution in [0.1, 0.15) is 13.3 Å². The van der Waals surface area contributed by atoms with E-state index in [1.807, 2.05) is 6.92 Å². The molecule has 0 N–H and O–H groups in total. The van der Waals surface area contributed by atoms with Gasteiger partial charge in [-0.3, -0.25) is 0 Å². The predicted octanol–water partition coefficient (Wildman–Crippen LogP) is 1.59. The van der Waals surface area contributed by atoms with E-state index in [-0.39, 0.29) is 11.4 Å². The third-order valence-electron chi connectivity index (χ3n) is 0.624. The summed E-state index contributed by atoms with van der Waals surface area (Å²) in [6, 6.07) is 0. The summed E-state index contributed by atoms with van der Waals surface area (Å²) in [6.45, 7) is 1.98. The number of hydrogen-bond acceptors (Lipinski definition) is 0. The highest BCUT2D eigenvalue weighted by Crippen LogP contribution is 2.00. The molecule has 0 aliphatic carbocycles. The van der Waals surface area contributed by atoms with Crippen molar-refractivity contribution in [2.75, 3.05) is 6.61 Å². The number of alkyl halides is 1. The third kappa shape index (κ3) is 2.67. The highest BCUT2D eigenvalue weighted by molar-refractivity contribution is 9.09. The van der Waals surface area contributed by atoms with E-state index in [0.29, 0.717) is 0 Å². The van der Waals surface area contributed by atoms with Crippen molar-refractivity contribution in [1.29, 1.82) is 0 Å². The summed E-state index contributed by atoms with van der Waals surface area (Å²) in [6.07, 6.45) is 0.934. The summed E-state index contributed by atoms with van der Waals surface area (Å²) in [4.78, 5) is 0.192. The molecular formula is C4H8BrO. The summed E-state index contributed by atoms with van der Waals surface area (Å²) in [5.74, 6) is 0. The monoisotopic (exact) mass is 151 g/mol. The van der Waals surface area contributed by atoms with Crippen LogP contribution in [-0.2, 0) is 5.11 Å². The Hall–Kier alpha value is 0.440. The van der Waals surface area contributed by atoms with Crippen LogP contribution in [0.4, 0.5) is 0 Å². The molecule has 37 valence electrons. The van der Waals surface area contributed by atoms with E-state index in [1.165, 1.54) is 0 Å². The molecule has 0 heterocycles. The van der Waals surface area contributed by atoms with Crippen LogP contribution in [-0.4, -0.2) is 11.4 Å². The predicted molar refractivity (Wildman–Crippen MR) is 28.6 cm³/mol. The molecule has 1 radical (unpaired) electrons. The molecular weight excluding hydrogens is 144 g/mol. The van der Waals surface area contributed by atoms with Gasteiger partial charge in [0.1, 0.15) is 0 Å². The second kappa shape index (κ2) is 3.62. The van der Waals surface area contributed by atoms with Crippen molar-refractivity contribution in [3.8, 4) is 0 Å². The Kier molecular flexibility index (Phi) is 3.89. The molecule has 1 nitrogen and oxygen atoms in total. The SMILES string of the molecule is CCC(Br)C[O]. The summed E-state index contributed by atoms with van der Waals surface area (Å²) < 4.78 is 0. The molecule has 0 spiro atoms.